The summed E-state index contributed by atoms with van der Waals surface area (Å²) in [7, 11) is 0. The predicted octanol–water partition coefficient (Wildman–Crippen LogP) is 1.77. The van der Waals surface area contributed by atoms with E-state index < -0.39 is 0 Å². The molecular weight excluding hydrogens is 210 g/mol. The molecule has 3 nitrogen and oxygen atoms in total. The second-order valence-corrected chi connectivity index (χ2v) is 4.68. The Balaban J connectivity index is 2.28. The van der Waals surface area contributed by atoms with Crippen LogP contribution in [0, 0.1) is 25.2 Å². The maximum absolute atomic E-state index is 9.43. The minimum Gasteiger partial charge on any atom is -0.314 e. The van der Waals surface area contributed by atoms with Crippen molar-refractivity contribution in [2.24, 2.45) is 0 Å². The van der Waals surface area contributed by atoms with Crippen molar-refractivity contribution in [2.75, 3.05) is 26.2 Å². The molecule has 1 fully saturated rings. The lowest BCUT2D eigenvalue weighted by molar-refractivity contribution is 0.207. The second kappa shape index (κ2) is 5.31. The van der Waals surface area contributed by atoms with Gasteiger partial charge in [-0.1, -0.05) is 23.8 Å². The third-order valence-electron chi connectivity index (χ3n) is 3.37. The minimum absolute atomic E-state index is 0.100. The van der Waals surface area contributed by atoms with E-state index >= 15 is 0 Å². The molecule has 0 amide bonds. The van der Waals surface area contributed by atoms with Crippen molar-refractivity contribution in [3.8, 4) is 6.07 Å². The first-order valence-corrected chi connectivity index (χ1v) is 6.14. The van der Waals surface area contributed by atoms with E-state index in [1.165, 1.54) is 11.1 Å². The molecule has 1 aromatic rings. The van der Waals surface area contributed by atoms with E-state index in [0.29, 0.717) is 0 Å². The van der Waals surface area contributed by atoms with E-state index in [4.69, 9.17) is 0 Å². The monoisotopic (exact) mass is 229 g/mol. The fourth-order valence-electron chi connectivity index (χ4n) is 2.34. The molecule has 0 radical (unpaired) electrons. The number of rotatable bonds is 2. The van der Waals surface area contributed by atoms with E-state index in [0.717, 1.165) is 31.7 Å². The standard InChI is InChI=1S/C14H19N3/c1-11-3-4-12(2)13(9-11)14(10-15)17-7-5-16-6-8-17/h3-4,9,14,16H,5-8H2,1-2H3. The summed E-state index contributed by atoms with van der Waals surface area (Å²) in [4.78, 5) is 2.26. The van der Waals surface area contributed by atoms with Crippen LogP contribution in [0.5, 0.6) is 0 Å². The number of piperazine rings is 1. The van der Waals surface area contributed by atoms with Gasteiger partial charge < -0.3 is 5.32 Å². The molecule has 1 N–H and O–H groups in total. The van der Waals surface area contributed by atoms with Gasteiger partial charge in [0.15, 0.2) is 0 Å². The van der Waals surface area contributed by atoms with Crippen LogP contribution in [0.25, 0.3) is 0 Å². The van der Waals surface area contributed by atoms with Gasteiger partial charge in [-0.25, -0.2) is 0 Å². The van der Waals surface area contributed by atoms with Crippen LogP contribution in [0.1, 0.15) is 22.7 Å². The Morgan fingerprint density at radius 2 is 2.00 bits per heavy atom. The highest BCUT2D eigenvalue weighted by Crippen LogP contribution is 2.24. The number of nitriles is 1. The molecule has 0 saturated carbocycles. The average molecular weight is 229 g/mol. The molecule has 1 saturated heterocycles. The lowest BCUT2D eigenvalue weighted by atomic mass is 9.98. The van der Waals surface area contributed by atoms with Gasteiger partial charge in [-0.2, -0.15) is 5.26 Å². The zero-order valence-electron chi connectivity index (χ0n) is 10.5. The van der Waals surface area contributed by atoms with Gasteiger partial charge in [-0.3, -0.25) is 4.90 Å². The van der Waals surface area contributed by atoms with Gasteiger partial charge in [-0.05, 0) is 25.0 Å². The number of benzene rings is 1. The smallest absolute Gasteiger partial charge is 0.124 e. The lowest BCUT2D eigenvalue weighted by Crippen LogP contribution is -2.45. The van der Waals surface area contributed by atoms with Gasteiger partial charge in [0.1, 0.15) is 6.04 Å². The third-order valence-corrected chi connectivity index (χ3v) is 3.37. The van der Waals surface area contributed by atoms with Crippen LogP contribution in [0.15, 0.2) is 18.2 Å². The maximum Gasteiger partial charge on any atom is 0.124 e. The number of aryl methyl sites for hydroxylation is 2. The van der Waals surface area contributed by atoms with Crippen molar-refractivity contribution in [1.82, 2.24) is 10.2 Å². The van der Waals surface area contributed by atoms with Crippen molar-refractivity contribution in [3.63, 3.8) is 0 Å². The van der Waals surface area contributed by atoms with Crippen LogP contribution in [0.2, 0.25) is 0 Å². The number of nitrogens with zero attached hydrogens (tertiary/aromatic N) is 2. The quantitative estimate of drug-likeness (QED) is 0.840. The molecule has 1 aliphatic heterocycles. The molecule has 1 unspecified atom stereocenters. The first kappa shape index (κ1) is 12.1. The zero-order chi connectivity index (χ0) is 12.3. The molecule has 1 heterocycles. The summed E-state index contributed by atoms with van der Waals surface area (Å²) in [6.45, 7) is 8.01. The highest BCUT2D eigenvalue weighted by atomic mass is 15.2. The van der Waals surface area contributed by atoms with E-state index in [1.807, 2.05) is 0 Å². The molecule has 0 aliphatic carbocycles. The minimum atomic E-state index is -0.100. The highest BCUT2D eigenvalue weighted by Gasteiger charge is 2.22. The predicted molar refractivity (Wildman–Crippen MR) is 68.7 cm³/mol. The number of hydrogen-bond acceptors (Lipinski definition) is 3. The van der Waals surface area contributed by atoms with Gasteiger partial charge in [0.2, 0.25) is 0 Å². The fraction of sp³-hybridized carbons (Fsp3) is 0.500. The van der Waals surface area contributed by atoms with Crippen LogP contribution < -0.4 is 5.32 Å². The molecule has 0 bridgehead atoms. The fourth-order valence-corrected chi connectivity index (χ4v) is 2.34. The summed E-state index contributed by atoms with van der Waals surface area (Å²) in [5.74, 6) is 0. The lowest BCUT2D eigenvalue weighted by Gasteiger charge is -2.32. The molecule has 90 valence electrons. The van der Waals surface area contributed by atoms with E-state index in [1.54, 1.807) is 0 Å². The first-order chi connectivity index (χ1) is 8.22. The van der Waals surface area contributed by atoms with Gasteiger partial charge in [-0.15, -0.1) is 0 Å². The molecular formula is C14H19N3. The van der Waals surface area contributed by atoms with Crippen LogP contribution in [0.4, 0.5) is 0 Å². The van der Waals surface area contributed by atoms with Crippen LogP contribution >= 0.6 is 0 Å². The molecule has 17 heavy (non-hydrogen) atoms. The summed E-state index contributed by atoms with van der Waals surface area (Å²) >= 11 is 0. The van der Waals surface area contributed by atoms with Gasteiger partial charge in [0.25, 0.3) is 0 Å². The molecule has 3 heteroatoms. The van der Waals surface area contributed by atoms with E-state index in [-0.39, 0.29) is 6.04 Å². The van der Waals surface area contributed by atoms with Gasteiger partial charge in [0.05, 0.1) is 6.07 Å². The SMILES string of the molecule is Cc1ccc(C)c(C(C#N)N2CCNCC2)c1. The zero-order valence-corrected chi connectivity index (χ0v) is 10.5. The Kier molecular flexibility index (Phi) is 3.78. The van der Waals surface area contributed by atoms with E-state index in [2.05, 4.69) is 48.3 Å². The largest absolute Gasteiger partial charge is 0.314 e. The molecule has 1 aliphatic rings. The Labute approximate surface area is 103 Å². The molecule has 1 aromatic carbocycles. The summed E-state index contributed by atoms with van der Waals surface area (Å²) in [5.41, 5.74) is 3.59. The van der Waals surface area contributed by atoms with Crippen molar-refractivity contribution in [1.29, 1.82) is 5.26 Å². The summed E-state index contributed by atoms with van der Waals surface area (Å²) in [5, 5.41) is 12.8. The highest BCUT2D eigenvalue weighted by molar-refractivity contribution is 5.35. The Bertz CT molecular complexity index is 428. The Hall–Kier alpha value is -1.37. The Morgan fingerprint density at radius 3 is 2.65 bits per heavy atom. The third kappa shape index (κ3) is 2.66. The Morgan fingerprint density at radius 1 is 1.29 bits per heavy atom. The van der Waals surface area contributed by atoms with Gasteiger partial charge >= 0.3 is 0 Å². The van der Waals surface area contributed by atoms with Crippen LogP contribution in [0.3, 0.4) is 0 Å². The molecule has 0 aromatic heterocycles. The average Bonchev–Trinajstić information content (AvgIpc) is 2.36. The first-order valence-electron chi connectivity index (χ1n) is 6.14. The van der Waals surface area contributed by atoms with Crippen molar-refractivity contribution >= 4 is 0 Å². The number of nitrogens with one attached hydrogen (secondary N) is 1. The molecule has 0 spiro atoms. The summed E-state index contributed by atoms with van der Waals surface area (Å²) in [6, 6.07) is 8.71. The number of hydrogen-bond donors (Lipinski definition) is 1. The van der Waals surface area contributed by atoms with Crippen LogP contribution in [-0.4, -0.2) is 31.1 Å². The summed E-state index contributed by atoms with van der Waals surface area (Å²) < 4.78 is 0. The second-order valence-electron chi connectivity index (χ2n) is 4.68. The maximum atomic E-state index is 9.43. The molecule has 1 atom stereocenters. The van der Waals surface area contributed by atoms with Crippen molar-refractivity contribution < 1.29 is 0 Å². The van der Waals surface area contributed by atoms with Crippen LogP contribution in [-0.2, 0) is 0 Å². The normalized spacial score (nSPS) is 18.6. The van der Waals surface area contributed by atoms with Crippen molar-refractivity contribution in [3.05, 3.63) is 34.9 Å². The topological polar surface area (TPSA) is 39.1 Å². The van der Waals surface area contributed by atoms with Crippen molar-refractivity contribution in [2.45, 2.75) is 19.9 Å². The summed E-state index contributed by atoms with van der Waals surface area (Å²) in [6.07, 6.45) is 0. The molecule has 2 rings (SSSR count). The van der Waals surface area contributed by atoms with E-state index in [9.17, 15) is 5.26 Å². The van der Waals surface area contributed by atoms with Gasteiger partial charge in [0, 0.05) is 26.2 Å².